The fourth-order valence-electron chi connectivity index (χ4n) is 2.69. The van der Waals surface area contributed by atoms with Crippen molar-refractivity contribution < 1.29 is 14.3 Å². The molecule has 0 atom stereocenters. The van der Waals surface area contributed by atoms with Crippen LogP contribution in [0.25, 0.3) is 0 Å². The van der Waals surface area contributed by atoms with Gasteiger partial charge in [-0.25, -0.2) is 0 Å². The first kappa shape index (κ1) is 19.5. The quantitative estimate of drug-likeness (QED) is 0.791. The number of ether oxygens (including phenoxy) is 1. The smallest absolute Gasteiger partial charge is 0.258 e. The lowest BCUT2D eigenvalue weighted by atomic mass is 10.0. The highest BCUT2D eigenvalue weighted by Gasteiger charge is 2.16. The maximum absolute atomic E-state index is 12.1. The van der Waals surface area contributed by atoms with Crippen LogP contribution in [0.15, 0.2) is 54.6 Å². The number of hydrogen-bond donors (Lipinski definition) is 1. The number of benzene rings is 2. The molecule has 0 unspecified atom stereocenters. The van der Waals surface area contributed by atoms with E-state index in [4.69, 9.17) is 4.74 Å². The largest absolute Gasteiger partial charge is 0.484 e. The van der Waals surface area contributed by atoms with Crippen LogP contribution in [0.1, 0.15) is 32.3 Å². The van der Waals surface area contributed by atoms with Crippen LogP contribution in [0.3, 0.4) is 0 Å². The molecule has 1 N–H and O–H groups in total. The number of nitrogens with one attached hydrogen (secondary N) is 1. The zero-order valence-electron chi connectivity index (χ0n) is 15.6. The number of anilines is 1. The summed E-state index contributed by atoms with van der Waals surface area (Å²) in [5.74, 6) is 0.697. The molecule has 2 aromatic carbocycles. The molecule has 0 radical (unpaired) electrons. The number of carbonyl (C=O) groups is 2. The van der Waals surface area contributed by atoms with Gasteiger partial charge in [-0.05, 0) is 29.7 Å². The number of nitrogens with zero attached hydrogens (tertiary/aromatic N) is 1. The zero-order chi connectivity index (χ0) is 18.9. The molecule has 0 bridgehead atoms. The summed E-state index contributed by atoms with van der Waals surface area (Å²) in [7, 11) is 0. The Hall–Kier alpha value is -2.82. The molecule has 2 amide bonds. The highest BCUT2D eigenvalue weighted by atomic mass is 16.5. The third kappa shape index (κ3) is 5.62. The molecule has 138 valence electrons. The average molecular weight is 354 g/mol. The highest BCUT2D eigenvalue weighted by Crippen LogP contribution is 2.27. The maximum atomic E-state index is 12.1. The molecule has 0 spiro atoms. The van der Waals surface area contributed by atoms with Gasteiger partial charge in [-0.15, -0.1) is 0 Å². The molecule has 5 heteroatoms. The molecule has 0 aliphatic rings. The minimum absolute atomic E-state index is 0.0483. The van der Waals surface area contributed by atoms with Crippen molar-refractivity contribution in [3.05, 3.63) is 60.2 Å². The molecule has 0 saturated carbocycles. The van der Waals surface area contributed by atoms with Gasteiger partial charge in [0.1, 0.15) is 5.75 Å². The predicted octanol–water partition coefficient (Wildman–Crippen LogP) is 3.36. The molecule has 2 rings (SSSR count). The first-order valence-electron chi connectivity index (χ1n) is 8.80. The Morgan fingerprint density at radius 1 is 1.04 bits per heavy atom. The standard InChI is InChI=1S/C21H26N2O3/c1-16(2)19-11-7-8-12-20(19)23(17(3)24)14-13-22-21(25)15-26-18-9-5-4-6-10-18/h4-12,16H,13-15H2,1-3H3,(H,22,25). The summed E-state index contributed by atoms with van der Waals surface area (Å²) in [4.78, 5) is 25.7. The van der Waals surface area contributed by atoms with Gasteiger partial charge in [0.15, 0.2) is 6.61 Å². The lowest BCUT2D eigenvalue weighted by Gasteiger charge is -2.25. The number of amides is 2. The molecule has 2 aromatic rings. The van der Waals surface area contributed by atoms with Gasteiger partial charge in [-0.2, -0.15) is 0 Å². The maximum Gasteiger partial charge on any atom is 0.258 e. The van der Waals surface area contributed by atoms with Gasteiger partial charge in [0.2, 0.25) is 5.91 Å². The Labute approximate surface area is 155 Å². The van der Waals surface area contributed by atoms with Crippen LogP contribution in [0.2, 0.25) is 0 Å². The number of para-hydroxylation sites is 2. The summed E-state index contributed by atoms with van der Waals surface area (Å²) in [6.45, 7) is 6.46. The Bertz CT molecular complexity index is 729. The monoisotopic (exact) mass is 354 g/mol. The third-order valence-electron chi connectivity index (χ3n) is 4.00. The summed E-state index contributed by atoms with van der Waals surface area (Å²) in [6, 6.07) is 17.1. The van der Waals surface area contributed by atoms with Gasteiger partial charge in [-0.1, -0.05) is 50.2 Å². The van der Waals surface area contributed by atoms with Gasteiger partial charge < -0.3 is 15.0 Å². The van der Waals surface area contributed by atoms with Crippen LogP contribution in [0, 0.1) is 0 Å². The lowest BCUT2D eigenvalue weighted by molar-refractivity contribution is -0.123. The van der Waals surface area contributed by atoms with E-state index in [1.54, 1.807) is 17.0 Å². The van der Waals surface area contributed by atoms with Crippen LogP contribution in [-0.4, -0.2) is 31.5 Å². The van der Waals surface area contributed by atoms with E-state index in [0.717, 1.165) is 11.3 Å². The Balaban J connectivity index is 1.89. The second-order valence-electron chi connectivity index (χ2n) is 6.34. The van der Waals surface area contributed by atoms with Crippen molar-refractivity contribution in [3.63, 3.8) is 0 Å². The zero-order valence-corrected chi connectivity index (χ0v) is 15.6. The number of rotatable bonds is 8. The van der Waals surface area contributed by atoms with Crippen LogP contribution >= 0.6 is 0 Å². The molecule has 0 aliphatic heterocycles. The predicted molar refractivity (Wildman–Crippen MR) is 104 cm³/mol. The van der Waals surface area contributed by atoms with Gasteiger partial charge in [0.25, 0.3) is 5.91 Å². The van der Waals surface area contributed by atoms with Crippen LogP contribution in [-0.2, 0) is 9.59 Å². The highest BCUT2D eigenvalue weighted by molar-refractivity contribution is 5.92. The van der Waals surface area contributed by atoms with E-state index in [9.17, 15) is 9.59 Å². The van der Waals surface area contributed by atoms with Crippen LogP contribution in [0.4, 0.5) is 5.69 Å². The molecule has 0 saturated heterocycles. The Morgan fingerprint density at radius 3 is 2.35 bits per heavy atom. The molecular weight excluding hydrogens is 328 g/mol. The van der Waals surface area contributed by atoms with E-state index in [1.165, 1.54) is 6.92 Å². The molecule has 26 heavy (non-hydrogen) atoms. The minimum atomic E-state index is -0.213. The van der Waals surface area contributed by atoms with E-state index < -0.39 is 0 Å². The summed E-state index contributed by atoms with van der Waals surface area (Å²) in [5, 5.41) is 2.80. The Kier molecular flexibility index (Phi) is 7.21. The van der Waals surface area contributed by atoms with E-state index in [2.05, 4.69) is 19.2 Å². The molecule has 0 aromatic heterocycles. The van der Waals surface area contributed by atoms with Gasteiger partial charge in [0.05, 0.1) is 0 Å². The molecule has 0 heterocycles. The molecule has 0 fully saturated rings. The van der Waals surface area contributed by atoms with Crippen molar-refractivity contribution >= 4 is 17.5 Å². The summed E-state index contributed by atoms with van der Waals surface area (Å²) < 4.78 is 5.42. The van der Waals surface area contributed by atoms with Crippen LogP contribution in [0.5, 0.6) is 5.75 Å². The van der Waals surface area contributed by atoms with E-state index >= 15 is 0 Å². The first-order valence-corrected chi connectivity index (χ1v) is 8.80. The van der Waals surface area contributed by atoms with E-state index in [-0.39, 0.29) is 18.4 Å². The first-order chi connectivity index (χ1) is 12.5. The van der Waals surface area contributed by atoms with Crippen molar-refractivity contribution in [1.29, 1.82) is 0 Å². The van der Waals surface area contributed by atoms with E-state index in [0.29, 0.717) is 24.8 Å². The Morgan fingerprint density at radius 2 is 1.69 bits per heavy atom. The SMILES string of the molecule is CC(=O)N(CCNC(=O)COc1ccccc1)c1ccccc1C(C)C. The van der Waals surface area contributed by atoms with Crippen molar-refractivity contribution in [1.82, 2.24) is 5.32 Å². The minimum Gasteiger partial charge on any atom is -0.484 e. The van der Waals surface area contributed by atoms with Crippen molar-refractivity contribution in [2.75, 3.05) is 24.6 Å². The third-order valence-corrected chi connectivity index (χ3v) is 4.00. The molecular formula is C21H26N2O3. The topological polar surface area (TPSA) is 58.6 Å². The molecule has 0 aliphatic carbocycles. The van der Waals surface area contributed by atoms with Crippen LogP contribution < -0.4 is 15.0 Å². The lowest BCUT2D eigenvalue weighted by Crippen LogP contribution is -2.39. The fraction of sp³-hybridized carbons (Fsp3) is 0.333. The van der Waals surface area contributed by atoms with Crippen molar-refractivity contribution in [2.45, 2.75) is 26.7 Å². The van der Waals surface area contributed by atoms with E-state index in [1.807, 2.05) is 42.5 Å². The van der Waals surface area contributed by atoms with Gasteiger partial charge >= 0.3 is 0 Å². The number of hydrogen-bond acceptors (Lipinski definition) is 3. The van der Waals surface area contributed by atoms with Gasteiger partial charge in [-0.3, -0.25) is 9.59 Å². The summed E-state index contributed by atoms with van der Waals surface area (Å²) in [6.07, 6.45) is 0. The second kappa shape index (κ2) is 9.61. The molecule has 5 nitrogen and oxygen atoms in total. The summed E-state index contributed by atoms with van der Waals surface area (Å²) >= 11 is 0. The normalized spacial score (nSPS) is 10.5. The number of carbonyl (C=O) groups excluding carboxylic acids is 2. The van der Waals surface area contributed by atoms with Crippen molar-refractivity contribution in [3.8, 4) is 5.75 Å². The second-order valence-corrected chi connectivity index (χ2v) is 6.34. The summed E-state index contributed by atoms with van der Waals surface area (Å²) in [5.41, 5.74) is 2.01. The fourth-order valence-corrected chi connectivity index (χ4v) is 2.69. The van der Waals surface area contributed by atoms with Gasteiger partial charge in [0, 0.05) is 25.7 Å². The van der Waals surface area contributed by atoms with Crippen molar-refractivity contribution in [2.24, 2.45) is 0 Å². The average Bonchev–Trinajstić information content (AvgIpc) is 2.64.